The fraction of sp³-hybridized carbons (Fsp3) is 0.143. The minimum Gasteiger partial charge on any atom is -0.217 e. The van der Waals surface area contributed by atoms with Gasteiger partial charge >= 0.3 is 0 Å². The second-order valence-electron chi connectivity index (χ2n) is 2.10. The second kappa shape index (κ2) is 3.28. The SMILES string of the molecule is CS(=O)(=O)Sc1ccccc1. The molecule has 1 rings (SSSR count). The van der Waals surface area contributed by atoms with Crippen molar-refractivity contribution in [2.24, 2.45) is 0 Å². The molecule has 0 aliphatic rings. The van der Waals surface area contributed by atoms with Crippen LogP contribution in [0.25, 0.3) is 0 Å². The molecular weight excluding hydrogens is 180 g/mol. The molecule has 2 nitrogen and oxygen atoms in total. The lowest BCUT2D eigenvalue weighted by molar-refractivity contribution is 0.615. The molecule has 0 saturated carbocycles. The van der Waals surface area contributed by atoms with Gasteiger partial charge in [-0.15, -0.1) is 0 Å². The topological polar surface area (TPSA) is 34.1 Å². The molecule has 11 heavy (non-hydrogen) atoms. The summed E-state index contributed by atoms with van der Waals surface area (Å²) in [6, 6.07) is 9.02. The van der Waals surface area contributed by atoms with Gasteiger partial charge in [-0.25, -0.2) is 8.42 Å². The van der Waals surface area contributed by atoms with E-state index < -0.39 is 8.87 Å². The third kappa shape index (κ3) is 3.43. The predicted octanol–water partition coefficient (Wildman–Crippen LogP) is 1.74. The zero-order valence-corrected chi connectivity index (χ0v) is 7.65. The molecule has 0 amide bonds. The zero-order valence-electron chi connectivity index (χ0n) is 6.02. The molecule has 0 heterocycles. The van der Waals surface area contributed by atoms with Crippen molar-refractivity contribution in [2.45, 2.75) is 4.90 Å². The molecule has 0 saturated heterocycles. The summed E-state index contributed by atoms with van der Waals surface area (Å²) in [5, 5.41) is 0. The van der Waals surface area contributed by atoms with Crippen LogP contribution in [0.2, 0.25) is 0 Å². The van der Waals surface area contributed by atoms with Crippen LogP contribution < -0.4 is 0 Å². The van der Waals surface area contributed by atoms with Crippen LogP contribution in [0.3, 0.4) is 0 Å². The Morgan fingerprint density at radius 2 is 1.73 bits per heavy atom. The highest BCUT2D eigenvalue weighted by Gasteiger charge is 2.03. The fourth-order valence-electron chi connectivity index (χ4n) is 0.651. The Balaban J connectivity index is 2.82. The van der Waals surface area contributed by atoms with E-state index in [2.05, 4.69) is 0 Å². The molecule has 1 aromatic rings. The largest absolute Gasteiger partial charge is 0.217 e. The first-order valence-corrected chi connectivity index (χ1v) is 6.25. The fourth-order valence-corrected chi connectivity index (χ4v) is 2.65. The molecule has 0 aliphatic carbocycles. The van der Waals surface area contributed by atoms with Crippen molar-refractivity contribution in [3.05, 3.63) is 30.3 Å². The highest BCUT2D eigenvalue weighted by molar-refractivity contribution is 8.71. The lowest BCUT2D eigenvalue weighted by atomic mass is 10.4. The van der Waals surface area contributed by atoms with E-state index in [9.17, 15) is 8.42 Å². The van der Waals surface area contributed by atoms with Gasteiger partial charge in [-0.05, 0) is 12.1 Å². The van der Waals surface area contributed by atoms with Crippen LogP contribution in [0, 0.1) is 0 Å². The maximum absolute atomic E-state index is 10.8. The molecular formula is C7H8O2S2. The Morgan fingerprint density at radius 1 is 1.18 bits per heavy atom. The Kier molecular flexibility index (Phi) is 2.57. The molecule has 0 fully saturated rings. The van der Waals surface area contributed by atoms with Crippen LogP contribution in [0.4, 0.5) is 0 Å². The van der Waals surface area contributed by atoms with E-state index in [4.69, 9.17) is 0 Å². The lowest BCUT2D eigenvalue weighted by Crippen LogP contribution is -1.86. The number of hydrogen-bond acceptors (Lipinski definition) is 3. The van der Waals surface area contributed by atoms with Crippen molar-refractivity contribution in [3.63, 3.8) is 0 Å². The normalized spacial score (nSPS) is 11.4. The smallest absolute Gasteiger partial charge is 0.203 e. The Morgan fingerprint density at radius 3 is 2.18 bits per heavy atom. The monoisotopic (exact) mass is 188 g/mol. The van der Waals surface area contributed by atoms with Gasteiger partial charge in [0, 0.05) is 21.9 Å². The van der Waals surface area contributed by atoms with Crippen LogP contribution in [0.5, 0.6) is 0 Å². The molecule has 0 spiro atoms. The van der Waals surface area contributed by atoms with Gasteiger partial charge in [0.2, 0.25) is 8.87 Å². The van der Waals surface area contributed by atoms with Crippen LogP contribution in [0.1, 0.15) is 0 Å². The van der Waals surface area contributed by atoms with Gasteiger partial charge in [-0.1, -0.05) is 18.2 Å². The van der Waals surface area contributed by atoms with Crippen molar-refractivity contribution in [2.75, 3.05) is 6.26 Å². The van der Waals surface area contributed by atoms with E-state index in [1.54, 1.807) is 12.1 Å². The molecule has 1 aromatic carbocycles. The molecule has 0 bridgehead atoms. The summed E-state index contributed by atoms with van der Waals surface area (Å²) in [6.45, 7) is 0. The van der Waals surface area contributed by atoms with Crippen LogP contribution in [-0.2, 0) is 8.87 Å². The summed E-state index contributed by atoms with van der Waals surface area (Å²) in [5.74, 6) is 0. The van der Waals surface area contributed by atoms with Crippen molar-refractivity contribution in [1.82, 2.24) is 0 Å². The van der Waals surface area contributed by atoms with Gasteiger partial charge in [0.05, 0.1) is 0 Å². The first-order chi connectivity index (χ1) is 5.08. The highest BCUT2D eigenvalue weighted by Crippen LogP contribution is 2.22. The van der Waals surface area contributed by atoms with Gasteiger partial charge in [-0.2, -0.15) is 0 Å². The summed E-state index contributed by atoms with van der Waals surface area (Å²) in [7, 11) is -2.09. The van der Waals surface area contributed by atoms with E-state index in [-0.39, 0.29) is 0 Å². The van der Waals surface area contributed by atoms with Gasteiger partial charge < -0.3 is 0 Å². The summed E-state index contributed by atoms with van der Waals surface area (Å²) in [5.41, 5.74) is 0. The average Bonchev–Trinajstić information content (AvgIpc) is 1.85. The van der Waals surface area contributed by atoms with Crippen molar-refractivity contribution in [3.8, 4) is 0 Å². The van der Waals surface area contributed by atoms with Gasteiger partial charge in [-0.3, -0.25) is 0 Å². The zero-order chi connectivity index (χ0) is 8.32. The van der Waals surface area contributed by atoms with Crippen LogP contribution in [0.15, 0.2) is 35.2 Å². The maximum Gasteiger partial charge on any atom is 0.203 e. The van der Waals surface area contributed by atoms with Gasteiger partial charge in [0.15, 0.2) is 0 Å². The lowest BCUT2D eigenvalue weighted by Gasteiger charge is -1.95. The number of rotatable bonds is 2. The first-order valence-electron chi connectivity index (χ1n) is 3.02. The first kappa shape index (κ1) is 8.62. The van der Waals surface area contributed by atoms with E-state index in [1.165, 1.54) is 6.26 Å². The summed E-state index contributed by atoms with van der Waals surface area (Å²) in [4.78, 5) is 0.759. The molecule has 0 aromatic heterocycles. The Labute approximate surface area is 69.9 Å². The second-order valence-corrected chi connectivity index (χ2v) is 6.46. The minimum absolute atomic E-state index is 0.759. The average molecular weight is 188 g/mol. The van der Waals surface area contributed by atoms with E-state index in [0.29, 0.717) is 0 Å². The molecule has 0 N–H and O–H groups in total. The van der Waals surface area contributed by atoms with Crippen molar-refractivity contribution >= 4 is 19.7 Å². The van der Waals surface area contributed by atoms with E-state index in [1.807, 2.05) is 18.2 Å². The molecule has 0 unspecified atom stereocenters. The molecule has 0 atom stereocenters. The minimum atomic E-state index is -2.96. The van der Waals surface area contributed by atoms with Crippen molar-refractivity contribution < 1.29 is 8.42 Å². The summed E-state index contributed by atoms with van der Waals surface area (Å²) in [6.07, 6.45) is 1.20. The molecule has 0 radical (unpaired) electrons. The summed E-state index contributed by atoms with van der Waals surface area (Å²) >= 11 is 0. The number of hydrogen-bond donors (Lipinski definition) is 0. The standard InChI is InChI=1S/C7H8O2S2/c1-11(8,9)10-7-5-3-2-4-6-7/h2-6H,1H3. The van der Waals surface area contributed by atoms with E-state index >= 15 is 0 Å². The third-order valence-electron chi connectivity index (χ3n) is 0.991. The Hall–Kier alpha value is -0.480. The maximum atomic E-state index is 10.8. The third-order valence-corrected chi connectivity index (χ3v) is 3.24. The quantitative estimate of drug-likeness (QED) is 0.663. The predicted molar refractivity (Wildman–Crippen MR) is 47.1 cm³/mol. The van der Waals surface area contributed by atoms with Crippen molar-refractivity contribution in [1.29, 1.82) is 0 Å². The summed E-state index contributed by atoms with van der Waals surface area (Å²) < 4.78 is 21.5. The number of benzene rings is 1. The van der Waals surface area contributed by atoms with Gasteiger partial charge in [0.25, 0.3) is 0 Å². The van der Waals surface area contributed by atoms with Gasteiger partial charge in [0.1, 0.15) is 0 Å². The van der Waals surface area contributed by atoms with Crippen LogP contribution >= 0.6 is 10.8 Å². The van der Waals surface area contributed by atoms with Crippen LogP contribution in [-0.4, -0.2) is 14.7 Å². The Bertz CT molecular complexity index is 316. The van der Waals surface area contributed by atoms with E-state index in [0.717, 1.165) is 15.7 Å². The highest BCUT2D eigenvalue weighted by atomic mass is 33.1. The molecule has 4 heteroatoms. The molecule has 60 valence electrons. The molecule has 0 aliphatic heterocycles.